The Labute approximate surface area is 139 Å². The molecule has 2 rings (SSSR count). The molecule has 4 heteroatoms. The van der Waals surface area contributed by atoms with Crippen molar-refractivity contribution >= 4 is 5.96 Å². The van der Waals surface area contributed by atoms with E-state index in [0.29, 0.717) is 6.54 Å². The Morgan fingerprint density at radius 1 is 1.09 bits per heavy atom. The minimum atomic E-state index is 0.0241. The largest absolute Gasteiger partial charge is 0.356 e. The molecule has 4 nitrogen and oxygen atoms in total. The Hall–Kier alpha value is -2.36. The van der Waals surface area contributed by atoms with Gasteiger partial charge in [0.15, 0.2) is 5.96 Å². The summed E-state index contributed by atoms with van der Waals surface area (Å²) in [4.78, 5) is 8.59. The highest BCUT2D eigenvalue weighted by atomic mass is 15.2. The zero-order chi connectivity index (χ0) is 16.7. The lowest BCUT2D eigenvalue weighted by Gasteiger charge is -2.27. The first-order chi connectivity index (χ1) is 11.0. The summed E-state index contributed by atoms with van der Waals surface area (Å²) < 4.78 is 0. The Morgan fingerprint density at radius 2 is 1.83 bits per heavy atom. The second kappa shape index (κ2) is 7.77. The van der Waals surface area contributed by atoms with Crippen molar-refractivity contribution in [2.45, 2.75) is 32.7 Å². The lowest BCUT2D eigenvalue weighted by molar-refractivity contribution is 0.508. The molecule has 0 aliphatic rings. The number of pyridine rings is 1. The van der Waals surface area contributed by atoms with Gasteiger partial charge in [-0.2, -0.15) is 0 Å². The van der Waals surface area contributed by atoms with Gasteiger partial charge < -0.3 is 10.6 Å². The van der Waals surface area contributed by atoms with Crippen LogP contribution in [0, 0.1) is 6.92 Å². The maximum Gasteiger partial charge on any atom is 0.191 e. The van der Waals surface area contributed by atoms with E-state index in [9.17, 15) is 0 Å². The number of hydrogen-bond acceptors (Lipinski definition) is 2. The van der Waals surface area contributed by atoms with E-state index in [-0.39, 0.29) is 5.41 Å². The number of guanidine groups is 1. The van der Waals surface area contributed by atoms with Gasteiger partial charge in [0.1, 0.15) is 0 Å². The number of aryl methyl sites for hydroxylation is 1. The summed E-state index contributed by atoms with van der Waals surface area (Å²) in [6.45, 7) is 8.04. The monoisotopic (exact) mass is 310 g/mol. The van der Waals surface area contributed by atoms with Crippen molar-refractivity contribution in [2.75, 3.05) is 13.6 Å². The van der Waals surface area contributed by atoms with Crippen molar-refractivity contribution in [3.05, 3.63) is 65.5 Å². The van der Waals surface area contributed by atoms with Gasteiger partial charge in [-0.15, -0.1) is 0 Å². The molecule has 23 heavy (non-hydrogen) atoms. The maximum absolute atomic E-state index is 4.30. The van der Waals surface area contributed by atoms with Crippen LogP contribution in [0.15, 0.2) is 53.7 Å². The molecule has 0 spiro atoms. The van der Waals surface area contributed by atoms with E-state index < -0.39 is 0 Å². The SMILES string of the molecule is CN=C(NCc1ccccn1)NCC(C)(C)c1ccc(C)cc1. The molecule has 122 valence electrons. The van der Waals surface area contributed by atoms with Crippen LogP contribution in [0.3, 0.4) is 0 Å². The fraction of sp³-hybridized carbons (Fsp3) is 0.368. The molecule has 0 unspecified atom stereocenters. The Morgan fingerprint density at radius 3 is 2.43 bits per heavy atom. The summed E-state index contributed by atoms with van der Waals surface area (Å²) in [5.41, 5.74) is 3.62. The number of hydrogen-bond donors (Lipinski definition) is 2. The van der Waals surface area contributed by atoms with E-state index >= 15 is 0 Å². The standard InChI is InChI=1S/C19H26N4/c1-15-8-10-16(11-9-15)19(2,3)14-23-18(20-4)22-13-17-7-5-6-12-21-17/h5-12H,13-14H2,1-4H3,(H2,20,22,23). The zero-order valence-electron chi connectivity index (χ0n) is 14.4. The van der Waals surface area contributed by atoms with Crippen LogP contribution in [0.25, 0.3) is 0 Å². The van der Waals surface area contributed by atoms with Gasteiger partial charge >= 0.3 is 0 Å². The van der Waals surface area contributed by atoms with Gasteiger partial charge in [-0.3, -0.25) is 9.98 Å². The first-order valence-electron chi connectivity index (χ1n) is 7.93. The molecule has 2 N–H and O–H groups in total. The van der Waals surface area contributed by atoms with Crippen LogP contribution in [0.5, 0.6) is 0 Å². The molecular weight excluding hydrogens is 284 g/mol. The number of nitrogens with zero attached hydrogens (tertiary/aromatic N) is 2. The van der Waals surface area contributed by atoms with Crippen molar-refractivity contribution < 1.29 is 0 Å². The van der Waals surface area contributed by atoms with Crippen molar-refractivity contribution in [2.24, 2.45) is 4.99 Å². The quantitative estimate of drug-likeness (QED) is 0.659. The molecule has 0 radical (unpaired) electrons. The molecule has 0 atom stereocenters. The topological polar surface area (TPSA) is 49.3 Å². The number of benzene rings is 1. The Kier molecular flexibility index (Phi) is 5.74. The predicted octanol–water partition coefficient (Wildman–Crippen LogP) is 3.03. The molecular formula is C19H26N4. The smallest absolute Gasteiger partial charge is 0.191 e. The van der Waals surface area contributed by atoms with Gasteiger partial charge in [0, 0.05) is 25.2 Å². The molecule has 1 aromatic carbocycles. The molecule has 0 saturated carbocycles. The molecule has 1 aromatic heterocycles. The minimum absolute atomic E-state index is 0.0241. The average molecular weight is 310 g/mol. The van der Waals surface area contributed by atoms with E-state index in [0.717, 1.165) is 18.2 Å². The lowest BCUT2D eigenvalue weighted by Crippen LogP contribution is -2.43. The minimum Gasteiger partial charge on any atom is -0.356 e. The van der Waals surface area contributed by atoms with Crippen molar-refractivity contribution in [3.8, 4) is 0 Å². The van der Waals surface area contributed by atoms with Gasteiger partial charge in [-0.1, -0.05) is 49.7 Å². The van der Waals surface area contributed by atoms with E-state index in [2.05, 4.69) is 65.6 Å². The van der Waals surface area contributed by atoms with Crippen molar-refractivity contribution in [3.63, 3.8) is 0 Å². The third-order valence-electron chi connectivity index (χ3n) is 3.92. The molecule has 0 bridgehead atoms. The molecule has 0 amide bonds. The van der Waals surface area contributed by atoms with Crippen molar-refractivity contribution in [1.82, 2.24) is 15.6 Å². The Bertz CT molecular complexity index is 630. The van der Waals surface area contributed by atoms with Gasteiger partial charge in [0.25, 0.3) is 0 Å². The number of aliphatic imine (C=N–C) groups is 1. The summed E-state index contributed by atoms with van der Waals surface area (Å²) >= 11 is 0. The summed E-state index contributed by atoms with van der Waals surface area (Å²) in [7, 11) is 1.78. The second-order valence-electron chi connectivity index (χ2n) is 6.35. The van der Waals surface area contributed by atoms with E-state index in [1.54, 1.807) is 13.2 Å². The van der Waals surface area contributed by atoms with Crippen LogP contribution in [-0.4, -0.2) is 24.5 Å². The summed E-state index contributed by atoms with van der Waals surface area (Å²) in [6.07, 6.45) is 1.80. The first kappa shape index (κ1) is 17.0. The fourth-order valence-electron chi connectivity index (χ4n) is 2.31. The van der Waals surface area contributed by atoms with Gasteiger partial charge in [-0.05, 0) is 24.6 Å². The van der Waals surface area contributed by atoms with Gasteiger partial charge in [0.05, 0.1) is 12.2 Å². The first-order valence-corrected chi connectivity index (χ1v) is 7.93. The molecule has 0 saturated heterocycles. The van der Waals surface area contributed by atoms with Crippen molar-refractivity contribution in [1.29, 1.82) is 0 Å². The molecule has 2 aromatic rings. The lowest BCUT2D eigenvalue weighted by atomic mass is 9.84. The summed E-state index contributed by atoms with van der Waals surface area (Å²) in [5.74, 6) is 0.788. The maximum atomic E-state index is 4.30. The van der Waals surface area contributed by atoms with Crippen LogP contribution >= 0.6 is 0 Å². The molecule has 0 aliphatic carbocycles. The number of nitrogens with one attached hydrogen (secondary N) is 2. The van der Waals surface area contributed by atoms with Crippen LogP contribution in [-0.2, 0) is 12.0 Å². The normalized spacial score (nSPS) is 12.1. The number of rotatable bonds is 5. The molecule has 0 fully saturated rings. The van der Waals surface area contributed by atoms with E-state index in [1.807, 2.05) is 18.2 Å². The van der Waals surface area contributed by atoms with Gasteiger partial charge in [0.2, 0.25) is 0 Å². The second-order valence-corrected chi connectivity index (χ2v) is 6.35. The predicted molar refractivity (Wildman–Crippen MR) is 96.6 cm³/mol. The third-order valence-corrected chi connectivity index (χ3v) is 3.92. The van der Waals surface area contributed by atoms with E-state index in [4.69, 9.17) is 0 Å². The number of aromatic nitrogens is 1. The van der Waals surface area contributed by atoms with Gasteiger partial charge in [-0.25, -0.2) is 0 Å². The highest BCUT2D eigenvalue weighted by molar-refractivity contribution is 5.79. The summed E-state index contributed by atoms with van der Waals surface area (Å²) in [6, 6.07) is 14.6. The van der Waals surface area contributed by atoms with E-state index in [1.165, 1.54) is 11.1 Å². The zero-order valence-corrected chi connectivity index (χ0v) is 14.4. The molecule has 0 aliphatic heterocycles. The fourth-order valence-corrected chi connectivity index (χ4v) is 2.31. The van der Waals surface area contributed by atoms with Crippen LogP contribution < -0.4 is 10.6 Å². The van der Waals surface area contributed by atoms with Crippen LogP contribution in [0.1, 0.15) is 30.7 Å². The highest BCUT2D eigenvalue weighted by Gasteiger charge is 2.20. The average Bonchev–Trinajstić information content (AvgIpc) is 2.56. The highest BCUT2D eigenvalue weighted by Crippen LogP contribution is 2.22. The summed E-state index contributed by atoms with van der Waals surface area (Å²) in [5, 5.41) is 6.70. The Balaban J connectivity index is 1.90. The third kappa shape index (κ3) is 5.09. The van der Waals surface area contributed by atoms with Crippen LogP contribution in [0.4, 0.5) is 0 Å². The molecule has 1 heterocycles. The van der Waals surface area contributed by atoms with Crippen LogP contribution in [0.2, 0.25) is 0 Å².